The molecule has 0 aromatic rings. The molecule has 14 heavy (non-hydrogen) atoms. The SMILES string of the molecule is CCC(O)CNC(CCCN)COC. The van der Waals surface area contributed by atoms with Crippen molar-refractivity contribution in [1.29, 1.82) is 0 Å². The first-order valence-electron chi connectivity index (χ1n) is 5.35. The lowest BCUT2D eigenvalue weighted by atomic mass is 10.1. The molecule has 0 aliphatic rings. The Morgan fingerprint density at radius 2 is 2.21 bits per heavy atom. The molecule has 0 saturated heterocycles. The molecule has 0 radical (unpaired) electrons. The number of nitrogens with two attached hydrogens (primary N) is 1. The second-order valence-electron chi connectivity index (χ2n) is 3.55. The average molecular weight is 204 g/mol. The first kappa shape index (κ1) is 13.8. The zero-order chi connectivity index (χ0) is 10.8. The van der Waals surface area contributed by atoms with E-state index in [1.807, 2.05) is 6.92 Å². The van der Waals surface area contributed by atoms with Gasteiger partial charge in [-0.3, -0.25) is 0 Å². The number of rotatable bonds is 9. The highest BCUT2D eigenvalue weighted by atomic mass is 16.5. The van der Waals surface area contributed by atoms with Gasteiger partial charge >= 0.3 is 0 Å². The van der Waals surface area contributed by atoms with E-state index in [1.165, 1.54) is 0 Å². The second-order valence-corrected chi connectivity index (χ2v) is 3.55. The van der Waals surface area contributed by atoms with E-state index in [0.717, 1.165) is 19.3 Å². The van der Waals surface area contributed by atoms with Crippen molar-refractivity contribution in [2.75, 3.05) is 26.8 Å². The Morgan fingerprint density at radius 3 is 2.71 bits per heavy atom. The van der Waals surface area contributed by atoms with Crippen LogP contribution in [-0.2, 0) is 4.74 Å². The van der Waals surface area contributed by atoms with Gasteiger partial charge in [0.2, 0.25) is 0 Å². The molecule has 0 saturated carbocycles. The van der Waals surface area contributed by atoms with Gasteiger partial charge in [0, 0.05) is 19.7 Å². The predicted octanol–water partition coefficient (Wildman–Crippen LogP) is 0.101. The Bertz CT molecular complexity index is 123. The summed E-state index contributed by atoms with van der Waals surface area (Å²) in [5, 5.41) is 12.6. The number of ether oxygens (including phenoxy) is 1. The molecular weight excluding hydrogens is 180 g/mol. The van der Waals surface area contributed by atoms with Gasteiger partial charge in [0.25, 0.3) is 0 Å². The minimum absolute atomic E-state index is 0.257. The van der Waals surface area contributed by atoms with Crippen molar-refractivity contribution in [1.82, 2.24) is 5.32 Å². The van der Waals surface area contributed by atoms with Gasteiger partial charge in [-0.2, -0.15) is 0 Å². The van der Waals surface area contributed by atoms with E-state index >= 15 is 0 Å². The fraction of sp³-hybridized carbons (Fsp3) is 1.00. The van der Waals surface area contributed by atoms with Crippen molar-refractivity contribution in [3.63, 3.8) is 0 Å². The highest BCUT2D eigenvalue weighted by molar-refractivity contribution is 4.68. The first-order valence-corrected chi connectivity index (χ1v) is 5.35. The Labute approximate surface area is 86.8 Å². The molecule has 0 spiro atoms. The van der Waals surface area contributed by atoms with Gasteiger partial charge in [0.15, 0.2) is 0 Å². The van der Waals surface area contributed by atoms with Crippen LogP contribution in [0.25, 0.3) is 0 Å². The van der Waals surface area contributed by atoms with Crippen LogP contribution in [0, 0.1) is 0 Å². The minimum Gasteiger partial charge on any atom is -0.392 e. The molecule has 2 atom stereocenters. The standard InChI is InChI=1S/C10H24N2O2/c1-3-10(13)7-12-9(8-14-2)5-4-6-11/h9-10,12-13H,3-8,11H2,1-2H3. The third-order valence-electron chi connectivity index (χ3n) is 2.24. The largest absolute Gasteiger partial charge is 0.392 e. The van der Waals surface area contributed by atoms with Crippen LogP contribution in [0.4, 0.5) is 0 Å². The summed E-state index contributed by atoms with van der Waals surface area (Å²) in [6.45, 7) is 3.99. The third kappa shape index (κ3) is 7.26. The molecule has 0 aliphatic carbocycles. The highest BCUT2D eigenvalue weighted by Crippen LogP contribution is 1.98. The summed E-state index contributed by atoms with van der Waals surface area (Å²) in [6, 6.07) is 0.310. The highest BCUT2D eigenvalue weighted by Gasteiger charge is 2.09. The lowest BCUT2D eigenvalue weighted by Crippen LogP contribution is -2.38. The molecule has 0 aromatic heterocycles. The maximum absolute atomic E-state index is 9.37. The lowest BCUT2D eigenvalue weighted by molar-refractivity contribution is 0.133. The van der Waals surface area contributed by atoms with E-state index in [9.17, 15) is 5.11 Å². The molecular formula is C10H24N2O2. The van der Waals surface area contributed by atoms with Crippen LogP contribution in [-0.4, -0.2) is 44.1 Å². The second kappa shape index (κ2) is 9.40. The van der Waals surface area contributed by atoms with E-state index in [2.05, 4.69) is 5.32 Å². The molecule has 0 heterocycles. The summed E-state index contributed by atoms with van der Waals surface area (Å²) in [6.07, 6.45) is 2.51. The summed E-state index contributed by atoms with van der Waals surface area (Å²) in [4.78, 5) is 0. The minimum atomic E-state index is -0.257. The van der Waals surface area contributed by atoms with Gasteiger partial charge in [-0.1, -0.05) is 6.92 Å². The van der Waals surface area contributed by atoms with Crippen molar-refractivity contribution in [3.8, 4) is 0 Å². The Hall–Kier alpha value is -0.160. The molecule has 4 N–H and O–H groups in total. The van der Waals surface area contributed by atoms with Gasteiger partial charge in [-0.15, -0.1) is 0 Å². The lowest BCUT2D eigenvalue weighted by Gasteiger charge is -2.19. The number of aliphatic hydroxyl groups excluding tert-OH is 1. The summed E-state index contributed by atoms with van der Waals surface area (Å²) in [7, 11) is 1.69. The Morgan fingerprint density at radius 1 is 1.50 bits per heavy atom. The van der Waals surface area contributed by atoms with Crippen molar-refractivity contribution in [3.05, 3.63) is 0 Å². The molecule has 4 heteroatoms. The molecule has 0 fully saturated rings. The zero-order valence-corrected chi connectivity index (χ0v) is 9.33. The maximum atomic E-state index is 9.37. The third-order valence-corrected chi connectivity index (χ3v) is 2.24. The predicted molar refractivity (Wildman–Crippen MR) is 58.3 cm³/mol. The van der Waals surface area contributed by atoms with Crippen LogP contribution in [0.2, 0.25) is 0 Å². The van der Waals surface area contributed by atoms with Crippen molar-refractivity contribution < 1.29 is 9.84 Å². The normalized spacial score (nSPS) is 15.4. The smallest absolute Gasteiger partial charge is 0.0662 e. The number of hydrogen-bond acceptors (Lipinski definition) is 4. The molecule has 4 nitrogen and oxygen atoms in total. The Kier molecular flexibility index (Phi) is 9.29. The van der Waals surface area contributed by atoms with E-state index in [-0.39, 0.29) is 6.10 Å². The fourth-order valence-electron chi connectivity index (χ4n) is 1.26. The van der Waals surface area contributed by atoms with E-state index in [4.69, 9.17) is 10.5 Å². The molecule has 0 aliphatic heterocycles. The maximum Gasteiger partial charge on any atom is 0.0662 e. The quantitative estimate of drug-likeness (QED) is 0.498. The molecule has 0 aromatic carbocycles. The zero-order valence-electron chi connectivity index (χ0n) is 9.33. The van der Waals surface area contributed by atoms with Crippen LogP contribution >= 0.6 is 0 Å². The molecule has 0 bridgehead atoms. The summed E-state index contributed by atoms with van der Waals surface area (Å²) < 4.78 is 5.08. The molecule has 0 rings (SSSR count). The fourth-order valence-corrected chi connectivity index (χ4v) is 1.26. The topological polar surface area (TPSA) is 67.5 Å². The van der Waals surface area contributed by atoms with Crippen LogP contribution in [0.5, 0.6) is 0 Å². The summed E-state index contributed by atoms with van der Waals surface area (Å²) in [5.41, 5.74) is 5.44. The summed E-state index contributed by atoms with van der Waals surface area (Å²) in [5.74, 6) is 0. The number of hydrogen-bond donors (Lipinski definition) is 3. The van der Waals surface area contributed by atoms with E-state index in [1.54, 1.807) is 7.11 Å². The van der Waals surface area contributed by atoms with Gasteiger partial charge < -0.3 is 20.9 Å². The van der Waals surface area contributed by atoms with Crippen molar-refractivity contribution in [2.45, 2.75) is 38.3 Å². The van der Waals surface area contributed by atoms with Crippen LogP contribution in [0.3, 0.4) is 0 Å². The van der Waals surface area contributed by atoms with Gasteiger partial charge in [-0.25, -0.2) is 0 Å². The molecule has 0 amide bonds. The number of methoxy groups -OCH3 is 1. The van der Waals surface area contributed by atoms with Crippen LogP contribution in [0.15, 0.2) is 0 Å². The van der Waals surface area contributed by atoms with E-state index in [0.29, 0.717) is 25.7 Å². The van der Waals surface area contributed by atoms with Crippen LogP contribution < -0.4 is 11.1 Å². The first-order chi connectivity index (χ1) is 6.74. The number of nitrogens with one attached hydrogen (secondary N) is 1. The van der Waals surface area contributed by atoms with Gasteiger partial charge in [0.1, 0.15) is 0 Å². The summed E-state index contributed by atoms with van der Waals surface area (Å²) >= 11 is 0. The van der Waals surface area contributed by atoms with Crippen LogP contribution in [0.1, 0.15) is 26.2 Å². The van der Waals surface area contributed by atoms with E-state index < -0.39 is 0 Å². The Balaban J connectivity index is 3.60. The average Bonchev–Trinajstić information content (AvgIpc) is 2.21. The number of aliphatic hydroxyl groups is 1. The molecule has 2 unspecified atom stereocenters. The van der Waals surface area contributed by atoms with Gasteiger partial charge in [-0.05, 0) is 25.8 Å². The monoisotopic (exact) mass is 204 g/mol. The van der Waals surface area contributed by atoms with Crippen molar-refractivity contribution >= 4 is 0 Å². The molecule has 86 valence electrons. The van der Waals surface area contributed by atoms with Crippen molar-refractivity contribution in [2.24, 2.45) is 5.73 Å². The van der Waals surface area contributed by atoms with Gasteiger partial charge in [0.05, 0.1) is 12.7 Å².